The summed E-state index contributed by atoms with van der Waals surface area (Å²) in [6.45, 7) is 1.45. The number of benzene rings is 4. The summed E-state index contributed by atoms with van der Waals surface area (Å²) in [5.74, 6) is -69.1. The second kappa shape index (κ2) is 21.0. The molecule has 1 N–H and O–H groups in total. The van der Waals surface area contributed by atoms with Gasteiger partial charge in [-0.3, -0.25) is 14.5 Å². The minimum absolute atomic E-state index is 0.101. The third kappa shape index (κ3) is 10.6. The maximum atomic E-state index is 14.9. The van der Waals surface area contributed by atoms with E-state index < -0.39 is 132 Å². The number of ketones is 1. The Morgan fingerprint density at radius 2 is 1.04 bits per heavy atom. The van der Waals surface area contributed by atoms with Crippen molar-refractivity contribution in [3.63, 3.8) is 0 Å². The van der Waals surface area contributed by atoms with Gasteiger partial charge in [0.1, 0.15) is 12.1 Å². The number of hydrogen-bond acceptors (Lipinski definition) is 4. The van der Waals surface area contributed by atoms with Crippen LogP contribution in [-0.4, -0.2) is 94.9 Å². The highest BCUT2D eigenvalue weighted by atomic mass is 19.4. The molecule has 1 heterocycles. The third-order valence-corrected chi connectivity index (χ3v) is 13.5. The largest absolute Gasteiger partial charge is 0.460 e. The summed E-state index contributed by atoms with van der Waals surface area (Å²) in [6.07, 6.45) is -17.9. The molecule has 1 aliphatic carbocycles. The number of nitrogens with one attached hydrogen (secondary N) is 1. The fourth-order valence-electron chi connectivity index (χ4n) is 8.85. The Kier molecular flexibility index (Phi) is 16.4. The molecule has 0 saturated carbocycles. The lowest BCUT2D eigenvalue weighted by atomic mass is 9.74. The molecule has 1 atom stereocenters. The molecule has 2 aliphatic rings. The number of halogens is 22. The molecule has 436 valence electrons. The van der Waals surface area contributed by atoms with Crippen LogP contribution in [0.1, 0.15) is 53.6 Å². The lowest BCUT2D eigenvalue weighted by Gasteiger charge is -2.45. The number of carbonyl (C=O) groups excluding carboxylic acids is 3. The maximum Gasteiger partial charge on any atom is 0.460 e. The van der Waals surface area contributed by atoms with E-state index in [4.69, 9.17) is 4.74 Å². The van der Waals surface area contributed by atoms with Crippen molar-refractivity contribution < 1.29 is 116 Å². The molecule has 0 radical (unpaired) electrons. The first kappa shape index (κ1) is 62.4. The van der Waals surface area contributed by atoms with Crippen molar-refractivity contribution in [2.45, 2.75) is 111 Å². The zero-order chi connectivity index (χ0) is 60.3. The number of alkyl halides is 22. The van der Waals surface area contributed by atoms with E-state index >= 15 is 0 Å². The number of allylic oxidation sites excluding steroid dienone is 1. The Morgan fingerprint density at radius 1 is 0.562 bits per heavy atom. The van der Waals surface area contributed by atoms with E-state index in [9.17, 15) is 111 Å². The Morgan fingerprint density at radius 3 is 1.56 bits per heavy atom. The molecule has 4 aromatic rings. The van der Waals surface area contributed by atoms with Gasteiger partial charge in [-0.1, -0.05) is 103 Å². The molecule has 0 bridgehead atoms. The van der Waals surface area contributed by atoms with Crippen LogP contribution in [0.5, 0.6) is 0 Å². The summed E-state index contributed by atoms with van der Waals surface area (Å²) in [6, 6.07) is 23.5. The van der Waals surface area contributed by atoms with Crippen LogP contribution in [0.25, 0.3) is 5.57 Å². The van der Waals surface area contributed by atoms with Crippen molar-refractivity contribution in [2.24, 2.45) is 5.41 Å². The predicted molar refractivity (Wildman–Crippen MR) is 239 cm³/mol. The van der Waals surface area contributed by atoms with Gasteiger partial charge in [0.15, 0.2) is 5.78 Å². The fraction of sp³-hybridized carbons (Fsp3) is 0.404. The van der Waals surface area contributed by atoms with Crippen molar-refractivity contribution in [3.8, 4) is 0 Å². The second-order valence-electron chi connectivity index (χ2n) is 19.2. The van der Waals surface area contributed by atoms with E-state index in [0.717, 1.165) is 40.8 Å². The SMILES string of the molecule is CC1(C)C(=O)C(c2ccccc2)=C2CN(C(=O)OCc3ccc(CCC(F)(F)C(F)(F)C(F)(F)C(F)(F)C(F)(F)C(F)(F)C(F)(F)C(F)(F)C(F)(F)F)cc3)C(Cc3cccc(C(F)(F)F)c3)(C(=O)NCCc3ccccc3)C=C21. The number of aryl methyl sites for hydroxylation is 1. The Labute approximate surface area is 438 Å². The van der Waals surface area contributed by atoms with Gasteiger partial charge < -0.3 is 10.1 Å². The number of hydrogen-bond donors (Lipinski definition) is 1. The zero-order valence-corrected chi connectivity index (χ0v) is 40.8. The summed E-state index contributed by atoms with van der Waals surface area (Å²) in [5.41, 5.74) is -4.21. The Bertz CT molecular complexity index is 3010. The Hall–Kier alpha value is -6.77. The van der Waals surface area contributed by atoms with E-state index in [1.54, 1.807) is 60.7 Å². The minimum Gasteiger partial charge on any atom is -0.445 e. The highest BCUT2D eigenvalue weighted by molar-refractivity contribution is 6.29. The average Bonchev–Trinajstić information content (AvgIpc) is 3.75. The molecule has 0 spiro atoms. The lowest BCUT2D eigenvalue weighted by Crippen LogP contribution is -2.75. The molecule has 1 unspecified atom stereocenters. The monoisotopic (exact) mass is 1170 g/mol. The van der Waals surface area contributed by atoms with Crippen LogP contribution in [0.3, 0.4) is 0 Å². The van der Waals surface area contributed by atoms with Gasteiger partial charge in [-0.2, -0.15) is 96.6 Å². The molecule has 6 rings (SSSR count). The van der Waals surface area contributed by atoms with Gasteiger partial charge in [0.05, 0.1) is 17.5 Å². The topological polar surface area (TPSA) is 75.7 Å². The van der Waals surface area contributed by atoms with Gasteiger partial charge >= 0.3 is 65.8 Å². The highest BCUT2D eigenvalue weighted by Crippen LogP contribution is 2.65. The van der Waals surface area contributed by atoms with Crippen molar-refractivity contribution in [1.82, 2.24) is 10.2 Å². The molecule has 6 nitrogen and oxygen atoms in total. The standard InChI is InChI=1S/C52H40F22N2O4/c1-41(2)36-26-42(25-32-12-9-15-34(24-32)44(55,56)57,39(78)75-23-21-29-10-5-3-6-11-29)76(27-35(36)37(38(41)77)33-13-7-4-8-14-33)40(79)80-28-31-18-16-30(17-19-31)20-22-43(53,54)45(58,59)46(60,61)47(62,63)48(64,65)49(66,67)50(68,69)51(70,71)52(72,73)74/h3-19,24,26H,20-23,25,27-28H2,1-2H3,(H,75,78). The minimum atomic E-state index is -9.05. The molecule has 28 heteroatoms. The summed E-state index contributed by atoms with van der Waals surface area (Å²) >= 11 is 0. The first-order valence-corrected chi connectivity index (χ1v) is 23.1. The van der Waals surface area contributed by atoms with Crippen LogP contribution < -0.4 is 5.32 Å². The average molecular weight is 1170 g/mol. The van der Waals surface area contributed by atoms with Crippen LogP contribution in [0.15, 0.2) is 126 Å². The summed E-state index contributed by atoms with van der Waals surface area (Å²) in [5, 5.41) is 2.72. The molecule has 0 fully saturated rings. The number of ether oxygens (including phenoxy) is 1. The smallest absolute Gasteiger partial charge is 0.445 e. The van der Waals surface area contributed by atoms with E-state index in [-0.39, 0.29) is 40.8 Å². The second-order valence-corrected chi connectivity index (χ2v) is 19.2. The summed E-state index contributed by atoms with van der Waals surface area (Å²) < 4.78 is 311. The molecule has 2 amide bonds. The summed E-state index contributed by atoms with van der Waals surface area (Å²) in [7, 11) is 0. The number of rotatable bonds is 19. The molecule has 4 aromatic carbocycles. The van der Waals surface area contributed by atoms with Gasteiger partial charge in [0, 0.05) is 25.0 Å². The fourth-order valence-corrected chi connectivity index (χ4v) is 8.85. The normalized spacial score (nSPS) is 18.0. The molecule has 0 aromatic heterocycles. The Balaban J connectivity index is 1.30. The van der Waals surface area contributed by atoms with E-state index in [1.165, 1.54) is 26.0 Å². The van der Waals surface area contributed by atoms with Crippen LogP contribution in [0, 0.1) is 5.41 Å². The molecular weight excluding hydrogens is 1130 g/mol. The number of carbonyl (C=O) groups is 3. The highest BCUT2D eigenvalue weighted by Gasteiger charge is 2.96. The zero-order valence-electron chi connectivity index (χ0n) is 40.8. The van der Waals surface area contributed by atoms with Crippen molar-refractivity contribution >= 4 is 23.4 Å². The molecule has 0 saturated heterocycles. The van der Waals surface area contributed by atoms with E-state index in [2.05, 4.69) is 5.32 Å². The van der Waals surface area contributed by atoms with Crippen molar-refractivity contribution in [3.05, 3.63) is 160 Å². The molecular formula is C52H40F22N2O4. The quantitative estimate of drug-likeness (QED) is 0.0950. The van der Waals surface area contributed by atoms with Gasteiger partial charge in [-0.05, 0) is 77.8 Å². The van der Waals surface area contributed by atoms with Crippen molar-refractivity contribution in [1.29, 1.82) is 0 Å². The lowest BCUT2D eigenvalue weighted by molar-refractivity contribution is -0.468. The predicted octanol–water partition coefficient (Wildman–Crippen LogP) is 14.6. The first-order chi connectivity index (χ1) is 36.5. The van der Waals surface area contributed by atoms with E-state index in [1.807, 2.05) is 0 Å². The first-order valence-electron chi connectivity index (χ1n) is 23.1. The van der Waals surface area contributed by atoms with Crippen LogP contribution in [0.2, 0.25) is 0 Å². The van der Waals surface area contributed by atoms with Gasteiger partial charge in [-0.25, -0.2) is 4.79 Å². The van der Waals surface area contributed by atoms with Gasteiger partial charge in [0.2, 0.25) is 0 Å². The third-order valence-electron chi connectivity index (χ3n) is 13.5. The van der Waals surface area contributed by atoms with Gasteiger partial charge in [-0.15, -0.1) is 0 Å². The van der Waals surface area contributed by atoms with Crippen LogP contribution in [-0.2, 0) is 46.4 Å². The number of fused-ring (bicyclic) bond motifs is 1. The maximum absolute atomic E-state index is 14.9. The number of Topliss-reactive ketones (excluding diaryl/α,β-unsaturated/α-hetero) is 1. The molecule has 1 aliphatic heterocycles. The van der Waals surface area contributed by atoms with Crippen LogP contribution >= 0.6 is 0 Å². The van der Waals surface area contributed by atoms with Crippen LogP contribution in [0.4, 0.5) is 101 Å². The molecule has 80 heavy (non-hydrogen) atoms. The van der Waals surface area contributed by atoms with Crippen molar-refractivity contribution in [2.75, 3.05) is 13.1 Å². The number of amides is 2. The van der Waals surface area contributed by atoms with Gasteiger partial charge in [0.25, 0.3) is 5.91 Å². The summed E-state index contributed by atoms with van der Waals surface area (Å²) in [4.78, 5) is 44.6. The number of nitrogens with zero attached hydrogens (tertiary/aromatic N) is 1. The van der Waals surface area contributed by atoms with E-state index in [0.29, 0.717) is 17.7 Å².